The molecule has 4 heteroatoms. The molecule has 0 radical (unpaired) electrons. The molecule has 108 valence electrons. The third-order valence-electron chi connectivity index (χ3n) is 2.86. The molecule has 3 nitrogen and oxygen atoms in total. The summed E-state index contributed by atoms with van der Waals surface area (Å²) >= 11 is 5.96. The Morgan fingerprint density at radius 3 is 2.76 bits per heavy atom. The largest absolute Gasteiger partial charge is 0.507 e. The van der Waals surface area contributed by atoms with Gasteiger partial charge in [-0.2, -0.15) is 0 Å². The standard InChI is InChI=1S/C17H15ClO3/c1-2-21-17-10-8-13(18)11-12(17)7-9-16(20)14-5-3-4-6-15(14)19/h3-11,19H,2H2,1H3. The van der Waals surface area contributed by atoms with Crippen LogP contribution in [0, 0.1) is 0 Å². The molecule has 0 aliphatic carbocycles. The molecule has 0 aliphatic rings. The Balaban J connectivity index is 2.27. The average molecular weight is 303 g/mol. The number of phenolic OH excluding ortho intramolecular Hbond substituents is 1. The molecule has 1 N–H and O–H groups in total. The van der Waals surface area contributed by atoms with Gasteiger partial charge in [0.25, 0.3) is 0 Å². The van der Waals surface area contributed by atoms with E-state index in [0.29, 0.717) is 22.9 Å². The lowest BCUT2D eigenvalue weighted by atomic mass is 10.1. The van der Waals surface area contributed by atoms with Gasteiger partial charge in [-0.1, -0.05) is 23.7 Å². The first-order valence-electron chi connectivity index (χ1n) is 6.54. The van der Waals surface area contributed by atoms with E-state index in [4.69, 9.17) is 16.3 Å². The van der Waals surface area contributed by atoms with Gasteiger partial charge in [0.1, 0.15) is 11.5 Å². The topological polar surface area (TPSA) is 46.5 Å². The first-order chi connectivity index (χ1) is 10.1. The Morgan fingerprint density at radius 2 is 2.05 bits per heavy atom. The number of ether oxygens (including phenoxy) is 1. The van der Waals surface area contributed by atoms with Gasteiger partial charge >= 0.3 is 0 Å². The van der Waals surface area contributed by atoms with Crippen molar-refractivity contribution >= 4 is 23.5 Å². The van der Waals surface area contributed by atoms with E-state index >= 15 is 0 Å². The Hall–Kier alpha value is -2.26. The van der Waals surface area contributed by atoms with Gasteiger partial charge in [0.2, 0.25) is 0 Å². The van der Waals surface area contributed by atoms with Crippen molar-refractivity contribution in [3.8, 4) is 11.5 Å². The number of carbonyl (C=O) groups excluding carboxylic acids is 1. The fourth-order valence-electron chi connectivity index (χ4n) is 1.87. The average Bonchev–Trinajstić information content (AvgIpc) is 2.48. The molecule has 0 fully saturated rings. The summed E-state index contributed by atoms with van der Waals surface area (Å²) in [5, 5.41) is 10.2. The van der Waals surface area contributed by atoms with E-state index in [9.17, 15) is 9.90 Å². The number of halogens is 1. The fourth-order valence-corrected chi connectivity index (χ4v) is 2.05. The molecule has 0 heterocycles. The summed E-state index contributed by atoms with van der Waals surface area (Å²) in [6, 6.07) is 11.6. The Kier molecular flexibility index (Phi) is 5.01. The van der Waals surface area contributed by atoms with Crippen LogP contribution >= 0.6 is 11.6 Å². The molecule has 0 saturated heterocycles. The van der Waals surface area contributed by atoms with Crippen molar-refractivity contribution in [2.24, 2.45) is 0 Å². The van der Waals surface area contributed by atoms with Crippen LogP contribution in [-0.4, -0.2) is 17.5 Å². The molecule has 2 aromatic rings. The number of allylic oxidation sites excluding steroid dienone is 1. The van der Waals surface area contributed by atoms with Crippen molar-refractivity contribution in [2.45, 2.75) is 6.92 Å². The normalized spacial score (nSPS) is 10.8. The summed E-state index contributed by atoms with van der Waals surface area (Å²) in [7, 11) is 0. The lowest BCUT2D eigenvalue weighted by Crippen LogP contribution is -1.96. The first-order valence-corrected chi connectivity index (χ1v) is 6.92. The quantitative estimate of drug-likeness (QED) is 0.660. The molecule has 0 saturated carbocycles. The van der Waals surface area contributed by atoms with E-state index in [1.165, 1.54) is 12.1 Å². The van der Waals surface area contributed by atoms with Crippen molar-refractivity contribution in [1.82, 2.24) is 0 Å². The molecule has 2 aromatic carbocycles. The molecule has 0 aromatic heterocycles. The van der Waals surface area contributed by atoms with E-state index in [-0.39, 0.29) is 17.1 Å². The van der Waals surface area contributed by atoms with Gasteiger partial charge in [0, 0.05) is 10.6 Å². The van der Waals surface area contributed by atoms with Crippen molar-refractivity contribution in [1.29, 1.82) is 0 Å². The second-order valence-electron chi connectivity index (χ2n) is 4.33. The highest BCUT2D eigenvalue weighted by Crippen LogP contribution is 2.25. The molecule has 0 spiro atoms. The maximum absolute atomic E-state index is 12.1. The highest BCUT2D eigenvalue weighted by Gasteiger charge is 2.07. The van der Waals surface area contributed by atoms with Crippen molar-refractivity contribution < 1.29 is 14.6 Å². The predicted octanol–water partition coefficient (Wildman–Crippen LogP) is 4.34. The van der Waals surface area contributed by atoms with E-state index in [1.54, 1.807) is 42.5 Å². The van der Waals surface area contributed by atoms with E-state index in [0.717, 1.165) is 0 Å². The highest BCUT2D eigenvalue weighted by atomic mass is 35.5. The Morgan fingerprint density at radius 1 is 1.29 bits per heavy atom. The van der Waals surface area contributed by atoms with Crippen LogP contribution in [0.5, 0.6) is 11.5 Å². The van der Waals surface area contributed by atoms with Gasteiger partial charge in [-0.3, -0.25) is 4.79 Å². The predicted molar refractivity (Wildman–Crippen MR) is 84.1 cm³/mol. The molecular weight excluding hydrogens is 288 g/mol. The van der Waals surface area contributed by atoms with Crippen LogP contribution in [0.25, 0.3) is 6.08 Å². The van der Waals surface area contributed by atoms with Gasteiger partial charge in [0.05, 0.1) is 12.2 Å². The minimum atomic E-state index is -0.282. The lowest BCUT2D eigenvalue weighted by molar-refractivity contribution is 0.104. The van der Waals surface area contributed by atoms with Crippen LogP contribution in [0.3, 0.4) is 0 Å². The molecule has 0 atom stereocenters. The summed E-state index contributed by atoms with van der Waals surface area (Å²) in [4.78, 5) is 12.1. The summed E-state index contributed by atoms with van der Waals surface area (Å²) in [6.45, 7) is 2.41. The lowest BCUT2D eigenvalue weighted by Gasteiger charge is -2.07. The summed E-state index contributed by atoms with van der Waals surface area (Å²) in [5.41, 5.74) is 0.974. The number of ketones is 1. The van der Waals surface area contributed by atoms with Crippen molar-refractivity contribution in [3.05, 3.63) is 64.7 Å². The van der Waals surface area contributed by atoms with E-state index in [2.05, 4.69) is 0 Å². The molecule has 0 unspecified atom stereocenters. The van der Waals surface area contributed by atoms with Crippen molar-refractivity contribution in [3.63, 3.8) is 0 Å². The fraction of sp³-hybridized carbons (Fsp3) is 0.118. The number of aromatic hydroxyl groups is 1. The number of carbonyl (C=O) groups is 1. The van der Waals surface area contributed by atoms with Crippen LogP contribution in [0.15, 0.2) is 48.5 Å². The van der Waals surface area contributed by atoms with E-state index < -0.39 is 0 Å². The smallest absolute Gasteiger partial charge is 0.189 e. The maximum Gasteiger partial charge on any atom is 0.189 e. The number of para-hydroxylation sites is 1. The summed E-state index contributed by atoms with van der Waals surface area (Å²) in [6.07, 6.45) is 3.02. The molecule has 0 aliphatic heterocycles. The number of hydrogen-bond donors (Lipinski definition) is 1. The summed E-state index contributed by atoms with van der Waals surface area (Å²) < 4.78 is 5.48. The molecule has 0 amide bonds. The molecule has 0 bridgehead atoms. The second-order valence-corrected chi connectivity index (χ2v) is 4.77. The van der Waals surface area contributed by atoms with Crippen LogP contribution < -0.4 is 4.74 Å². The monoisotopic (exact) mass is 302 g/mol. The maximum atomic E-state index is 12.1. The number of hydrogen-bond acceptors (Lipinski definition) is 3. The summed E-state index contributed by atoms with van der Waals surface area (Å²) in [5.74, 6) is 0.335. The molecule has 21 heavy (non-hydrogen) atoms. The third-order valence-corrected chi connectivity index (χ3v) is 3.09. The van der Waals surface area contributed by atoms with Gasteiger partial charge in [-0.05, 0) is 49.4 Å². The van der Waals surface area contributed by atoms with Crippen LogP contribution in [0.2, 0.25) is 5.02 Å². The van der Waals surface area contributed by atoms with Gasteiger partial charge in [0.15, 0.2) is 5.78 Å². The molecule has 2 rings (SSSR count). The van der Waals surface area contributed by atoms with Crippen LogP contribution in [-0.2, 0) is 0 Å². The SMILES string of the molecule is CCOc1ccc(Cl)cc1C=CC(=O)c1ccccc1O. The zero-order valence-electron chi connectivity index (χ0n) is 11.5. The minimum absolute atomic E-state index is 0.0386. The highest BCUT2D eigenvalue weighted by molar-refractivity contribution is 6.30. The van der Waals surface area contributed by atoms with Crippen LogP contribution in [0.1, 0.15) is 22.8 Å². The number of phenols is 1. The second kappa shape index (κ2) is 6.95. The van der Waals surface area contributed by atoms with Gasteiger partial charge in [-0.15, -0.1) is 0 Å². The van der Waals surface area contributed by atoms with Crippen molar-refractivity contribution in [2.75, 3.05) is 6.61 Å². The molecular formula is C17H15ClO3. The first kappa shape index (κ1) is 15.1. The zero-order valence-corrected chi connectivity index (χ0v) is 12.3. The number of benzene rings is 2. The Bertz CT molecular complexity index is 677. The number of rotatable bonds is 5. The Labute approximate surface area is 128 Å². The third kappa shape index (κ3) is 3.86. The van der Waals surface area contributed by atoms with Gasteiger partial charge in [-0.25, -0.2) is 0 Å². The zero-order chi connectivity index (χ0) is 15.2. The van der Waals surface area contributed by atoms with E-state index in [1.807, 2.05) is 6.92 Å². The minimum Gasteiger partial charge on any atom is -0.507 e. The van der Waals surface area contributed by atoms with Crippen LogP contribution in [0.4, 0.5) is 0 Å². The van der Waals surface area contributed by atoms with Gasteiger partial charge < -0.3 is 9.84 Å².